The van der Waals surface area contributed by atoms with Crippen LogP contribution in [0.3, 0.4) is 0 Å². The van der Waals surface area contributed by atoms with Crippen molar-refractivity contribution in [2.75, 3.05) is 0 Å². The van der Waals surface area contributed by atoms with Gasteiger partial charge < -0.3 is 9.84 Å². The van der Waals surface area contributed by atoms with Crippen molar-refractivity contribution < 1.29 is 42.8 Å². The Balaban J connectivity index is 0.000000278. The normalized spacial score (nSPS) is 19.3. The number of para-hydroxylation sites is 1. The molecule has 7 heteroatoms. The number of hydrogen-bond donors (Lipinski definition) is 2. The molecule has 1 aliphatic heterocycles. The maximum Gasteiger partial charge on any atom is 0.127 e. The minimum Gasteiger partial charge on any atom is -0.872 e. The molecule has 1 saturated carbocycles. The first kappa shape index (κ1) is 36.2. The van der Waals surface area contributed by atoms with Crippen LogP contribution in [0.1, 0.15) is 101 Å². The first-order valence-corrected chi connectivity index (χ1v) is 18.4. The standard InChI is InChI=1S/C30H42N2O2.C12H10O2.Cr/c1-19-13-21(27(33)23(15-19)29(3,4)5)17-31-25-11-9-10-12-26(25)32-18-22-14-20(2)16-24(28(22)34)30(6,7)8;13-10-6-8-12(9-7-10)14-11-4-2-1-3-5-11;/h13-18,25-26,33-34H,9-12H2,1-8H3;1-9,13H;/q;;+2/p-1/t25-,26-;;/m1../s1. The van der Waals surface area contributed by atoms with Crippen LogP contribution in [0.15, 0.2) is 78.9 Å². The predicted octanol–water partition coefficient (Wildman–Crippen LogP) is 8.66. The van der Waals surface area contributed by atoms with Crippen molar-refractivity contribution in [2.45, 2.75) is 104 Å². The molecule has 2 aliphatic rings. The number of phenols is 2. The quantitative estimate of drug-likeness (QED) is 0.224. The van der Waals surface area contributed by atoms with Gasteiger partial charge >= 0.3 is 219 Å². The number of nitrogens with zero attached hydrogens (tertiary/aromatic N) is 2. The van der Waals surface area contributed by atoms with Gasteiger partial charge in [-0.3, -0.25) is 0 Å². The molecule has 0 spiro atoms. The third-order valence-electron chi connectivity index (χ3n) is 9.06. The largest absolute Gasteiger partial charge is 0.872 e. The maximum atomic E-state index is 11.2. The molecule has 0 unspecified atom stereocenters. The number of hydrogen-bond acceptors (Lipinski definition) is 4. The van der Waals surface area contributed by atoms with Crippen LogP contribution in [0.25, 0.3) is 0 Å². The number of phenolic OH excluding ortho intramolecular Hbond substituents is 2. The first-order valence-electron chi connectivity index (χ1n) is 17.2. The molecule has 6 nitrogen and oxygen atoms in total. The van der Waals surface area contributed by atoms with Crippen molar-refractivity contribution in [3.05, 3.63) is 112 Å². The molecule has 2 N–H and O–H groups in total. The molecule has 1 saturated heterocycles. The zero-order chi connectivity index (χ0) is 35.5. The molecule has 0 amide bonds. The summed E-state index contributed by atoms with van der Waals surface area (Å²) in [6, 6.07) is 25.1. The smallest absolute Gasteiger partial charge is 0.127 e. The fourth-order valence-corrected chi connectivity index (χ4v) is 8.50. The van der Waals surface area contributed by atoms with E-state index in [1.54, 1.807) is 12.1 Å². The molecule has 1 heterocycles. The topological polar surface area (TPSA) is 78.8 Å². The van der Waals surface area contributed by atoms with E-state index in [2.05, 4.69) is 99.2 Å². The van der Waals surface area contributed by atoms with E-state index in [1.807, 2.05) is 30.3 Å². The molecule has 258 valence electrons. The Bertz CT molecular complexity index is 1740. The number of benzene rings is 4. The molecule has 2 fully saturated rings. The zero-order valence-corrected chi connectivity index (χ0v) is 31.4. The molecule has 4 aromatic carbocycles. The molecule has 1 aliphatic carbocycles. The maximum absolute atomic E-state index is 11.2. The van der Waals surface area contributed by atoms with Crippen molar-refractivity contribution in [3.8, 4) is 28.7 Å². The van der Waals surface area contributed by atoms with Crippen LogP contribution in [0, 0.1) is 13.8 Å². The Morgan fingerprint density at radius 2 is 1.10 bits per heavy atom. The minimum absolute atomic E-state index is 0.00888. The third-order valence-corrected chi connectivity index (χ3v) is 10.8. The van der Waals surface area contributed by atoms with Gasteiger partial charge in [-0.2, -0.15) is 0 Å². The van der Waals surface area contributed by atoms with Crippen LogP contribution in [0.5, 0.6) is 28.7 Å². The summed E-state index contributed by atoms with van der Waals surface area (Å²) >= 11 is 0.0514. The summed E-state index contributed by atoms with van der Waals surface area (Å²) < 4.78 is 10.5. The van der Waals surface area contributed by atoms with Crippen molar-refractivity contribution in [3.63, 3.8) is 0 Å². The number of rotatable bonds is 4. The number of aromatic hydroxyl groups is 2. The number of fused-ring (bicyclic) bond motifs is 1. The van der Waals surface area contributed by atoms with Gasteiger partial charge in [0.25, 0.3) is 0 Å². The van der Waals surface area contributed by atoms with E-state index in [0.717, 1.165) is 28.0 Å². The van der Waals surface area contributed by atoms with Gasteiger partial charge in [0.05, 0.1) is 0 Å². The molecule has 0 bridgehead atoms. The van der Waals surface area contributed by atoms with Gasteiger partial charge in [-0.05, 0) is 24.3 Å². The summed E-state index contributed by atoms with van der Waals surface area (Å²) in [5.41, 5.74) is 5.94. The van der Waals surface area contributed by atoms with Gasteiger partial charge in [0.15, 0.2) is 0 Å². The molecule has 2 atom stereocenters. The van der Waals surface area contributed by atoms with Crippen molar-refractivity contribution in [1.82, 2.24) is 0 Å². The molecular formula is C42H51CrN2O4+. The number of ether oxygens (including phenoxy) is 1. The van der Waals surface area contributed by atoms with Gasteiger partial charge in [-0.15, -0.1) is 5.75 Å². The summed E-state index contributed by atoms with van der Waals surface area (Å²) in [4.78, 5) is 0. The fraction of sp³-hybridized carbons (Fsp3) is 0.381. The van der Waals surface area contributed by atoms with E-state index in [-0.39, 0.29) is 32.2 Å². The molecule has 49 heavy (non-hydrogen) atoms. The van der Waals surface area contributed by atoms with E-state index >= 15 is 0 Å². The monoisotopic (exact) mass is 699 g/mol. The Kier molecular flexibility index (Phi) is 11.0. The Labute approximate surface area is 299 Å². The first-order chi connectivity index (χ1) is 23.1. The van der Waals surface area contributed by atoms with Gasteiger partial charge in [0, 0.05) is 0 Å². The van der Waals surface area contributed by atoms with Crippen LogP contribution in [0.2, 0.25) is 0 Å². The van der Waals surface area contributed by atoms with Gasteiger partial charge in [-0.1, -0.05) is 30.3 Å². The second-order valence-corrected chi connectivity index (χ2v) is 16.9. The van der Waals surface area contributed by atoms with E-state index in [4.69, 9.17) is 4.74 Å². The third kappa shape index (κ3) is 8.95. The Hall–Kier alpha value is -4.05. The van der Waals surface area contributed by atoms with E-state index in [0.29, 0.717) is 29.3 Å². The van der Waals surface area contributed by atoms with Crippen molar-refractivity contribution in [1.29, 1.82) is 0 Å². The van der Waals surface area contributed by atoms with Gasteiger partial charge in [0.1, 0.15) is 11.5 Å². The van der Waals surface area contributed by atoms with E-state index in [1.165, 1.54) is 48.9 Å². The summed E-state index contributed by atoms with van der Waals surface area (Å²) in [6.45, 7) is 17.1. The summed E-state index contributed by atoms with van der Waals surface area (Å²) in [5.74, 6) is 2.24. The Morgan fingerprint density at radius 3 is 1.53 bits per heavy atom. The predicted molar refractivity (Wildman–Crippen MR) is 192 cm³/mol. The van der Waals surface area contributed by atoms with Crippen LogP contribution < -0.4 is 9.84 Å². The summed E-state index contributed by atoms with van der Waals surface area (Å²) in [6.07, 6.45) is 9.22. The van der Waals surface area contributed by atoms with E-state index in [9.17, 15) is 15.3 Å². The second kappa shape index (κ2) is 14.8. The molecule has 0 aromatic heterocycles. The fourth-order valence-electron chi connectivity index (χ4n) is 6.51. The summed E-state index contributed by atoms with van der Waals surface area (Å²) in [5, 5.41) is 33.2. The average Bonchev–Trinajstić information content (AvgIpc) is 3.38. The zero-order valence-electron chi connectivity index (χ0n) is 30.2. The molecule has 4 aromatic rings. The van der Waals surface area contributed by atoms with Crippen LogP contribution >= 0.6 is 0 Å². The average molecular weight is 700 g/mol. The van der Waals surface area contributed by atoms with Crippen molar-refractivity contribution >= 4 is 12.4 Å². The van der Waals surface area contributed by atoms with Gasteiger partial charge in [-0.25, -0.2) is 0 Å². The summed E-state index contributed by atoms with van der Waals surface area (Å²) in [7, 11) is 0. The minimum atomic E-state index is -0.116. The van der Waals surface area contributed by atoms with E-state index < -0.39 is 0 Å². The molecule has 6 rings (SSSR count). The SMILES string of the molecule is Cc1cc(C=[N+]2[Cr][N+](=Cc3cc(C)cc(C(C)(C)C)c3O)[C@@H]3CCCC[C@H]32)c(O)c(C(C)(C)C)c1.[O-]c1ccc(Oc2ccccc2)cc1. The Morgan fingerprint density at radius 1 is 0.673 bits per heavy atom. The van der Waals surface area contributed by atoms with Crippen LogP contribution in [-0.4, -0.2) is 41.8 Å². The van der Waals surface area contributed by atoms with Crippen LogP contribution in [-0.2, 0) is 26.5 Å². The second-order valence-electron chi connectivity index (χ2n) is 15.4. The van der Waals surface area contributed by atoms with Gasteiger partial charge in [0.2, 0.25) is 0 Å². The van der Waals surface area contributed by atoms with Crippen LogP contribution in [0.4, 0.5) is 0 Å². The number of aryl methyl sites for hydroxylation is 2. The molecule has 0 radical (unpaired) electrons. The molecular weight excluding hydrogens is 648 g/mol. The van der Waals surface area contributed by atoms with Crippen molar-refractivity contribution in [2.24, 2.45) is 0 Å².